The van der Waals surface area contributed by atoms with Crippen LogP contribution in [-0.2, 0) is 4.79 Å². The molecule has 1 fully saturated rings. The molecule has 0 spiro atoms. The maximum absolute atomic E-state index is 10.8. The lowest BCUT2D eigenvalue weighted by atomic mass is 10.1. The lowest BCUT2D eigenvalue weighted by molar-refractivity contribution is -0.141. The van der Waals surface area contributed by atoms with E-state index in [2.05, 4.69) is 11.0 Å². The Morgan fingerprint density at radius 3 is 3.00 bits per heavy atom. The van der Waals surface area contributed by atoms with E-state index in [9.17, 15) is 4.79 Å². The van der Waals surface area contributed by atoms with Gasteiger partial charge < -0.3 is 5.11 Å². The van der Waals surface area contributed by atoms with Crippen LogP contribution in [0.25, 0.3) is 0 Å². The molecule has 0 aromatic carbocycles. The van der Waals surface area contributed by atoms with Gasteiger partial charge in [0.1, 0.15) is 0 Å². The van der Waals surface area contributed by atoms with Gasteiger partial charge >= 0.3 is 5.97 Å². The van der Waals surface area contributed by atoms with Crippen LogP contribution in [0, 0.1) is 5.92 Å². The highest BCUT2D eigenvalue weighted by Gasteiger charge is 2.34. The van der Waals surface area contributed by atoms with Gasteiger partial charge in [-0.2, -0.15) is 0 Å². The number of nitrogens with zero attached hydrogens (tertiary/aromatic N) is 1. The van der Waals surface area contributed by atoms with Gasteiger partial charge in [-0.15, -0.1) is 11.3 Å². The van der Waals surface area contributed by atoms with E-state index in [4.69, 9.17) is 5.11 Å². The molecule has 2 rings (SSSR count). The Balaban J connectivity index is 2.12. The average molecular weight is 211 g/mol. The van der Waals surface area contributed by atoms with E-state index in [0.29, 0.717) is 12.6 Å². The smallest absolute Gasteiger partial charge is 0.307 e. The number of aliphatic carboxylic acids is 1. The first-order valence-electron chi connectivity index (χ1n) is 4.65. The van der Waals surface area contributed by atoms with E-state index in [0.717, 1.165) is 6.42 Å². The molecule has 0 unspecified atom stereocenters. The monoisotopic (exact) mass is 211 g/mol. The van der Waals surface area contributed by atoms with Crippen LogP contribution in [-0.4, -0.2) is 29.6 Å². The zero-order valence-corrected chi connectivity index (χ0v) is 8.83. The first kappa shape index (κ1) is 9.68. The fourth-order valence-electron chi connectivity index (χ4n) is 1.99. The van der Waals surface area contributed by atoms with E-state index in [1.165, 1.54) is 4.88 Å². The zero-order chi connectivity index (χ0) is 10.1. The first-order valence-corrected chi connectivity index (χ1v) is 5.53. The largest absolute Gasteiger partial charge is 0.481 e. The first-order chi connectivity index (χ1) is 6.68. The van der Waals surface area contributed by atoms with Crippen molar-refractivity contribution in [3.63, 3.8) is 0 Å². The van der Waals surface area contributed by atoms with Crippen molar-refractivity contribution in [3.8, 4) is 0 Å². The molecule has 76 valence electrons. The molecule has 14 heavy (non-hydrogen) atoms. The van der Waals surface area contributed by atoms with Gasteiger partial charge in [-0.3, -0.25) is 9.69 Å². The molecular formula is C10H13NO2S. The molecule has 0 aliphatic carbocycles. The maximum atomic E-state index is 10.8. The van der Waals surface area contributed by atoms with Crippen molar-refractivity contribution in [1.82, 2.24) is 4.90 Å². The number of rotatable bonds is 2. The van der Waals surface area contributed by atoms with Crippen molar-refractivity contribution < 1.29 is 9.90 Å². The van der Waals surface area contributed by atoms with E-state index in [1.807, 2.05) is 18.5 Å². The van der Waals surface area contributed by atoms with Gasteiger partial charge in [-0.1, -0.05) is 6.07 Å². The number of carboxylic acid groups (broad SMARTS) is 1. The SMILES string of the molecule is CN1C[C@@H](C(=O)O)C[C@@H]1c1cccs1. The number of carboxylic acids is 1. The fourth-order valence-corrected chi connectivity index (χ4v) is 2.90. The van der Waals surface area contributed by atoms with Crippen LogP contribution in [0.2, 0.25) is 0 Å². The Morgan fingerprint density at radius 1 is 1.71 bits per heavy atom. The zero-order valence-electron chi connectivity index (χ0n) is 8.01. The lowest BCUT2D eigenvalue weighted by Crippen LogP contribution is -2.20. The normalized spacial score (nSPS) is 28.1. The van der Waals surface area contributed by atoms with Crippen molar-refractivity contribution in [2.24, 2.45) is 5.92 Å². The van der Waals surface area contributed by atoms with Gasteiger partial charge in [0.25, 0.3) is 0 Å². The predicted octanol–water partition coefficient (Wildman–Crippen LogP) is 1.83. The molecule has 1 aliphatic heterocycles. The summed E-state index contributed by atoms with van der Waals surface area (Å²) < 4.78 is 0. The van der Waals surface area contributed by atoms with E-state index in [-0.39, 0.29) is 5.92 Å². The molecular weight excluding hydrogens is 198 g/mol. The lowest BCUT2D eigenvalue weighted by Gasteiger charge is -2.16. The van der Waals surface area contributed by atoms with Crippen molar-refractivity contribution in [1.29, 1.82) is 0 Å². The average Bonchev–Trinajstić information content (AvgIpc) is 2.71. The third-order valence-electron chi connectivity index (χ3n) is 2.77. The van der Waals surface area contributed by atoms with Gasteiger partial charge in [0.15, 0.2) is 0 Å². The van der Waals surface area contributed by atoms with Crippen LogP contribution in [0.4, 0.5) is 0 Å². The number of hydrogen-bond donors (Lipinski definition) is 1. The summed E-state index contributed by atoms with van der Waals surface area (Å²) in [6, 6.07) is 4.40. The Bertz CT molecular complexity index is 323. The van der Waals surface area contributed by atoms with E-state index in [1.54, 1.807) is 11.3 Å². The molecule has 0 amide bonds. The van der Waals surface area contributed by atoms with Crippen LogP contribution in [0.5, 0.6) is 0 Å². The predicted molar refractivity (Wildman–Crippen MR) is 55.4 cm³/mol. The maximum Gasteiger partial charge on any atom is 0.307 e. The highest BCUT2D eigenvalue weighted by Crippen LogP contribution is 2.36. The second kappa shape index (κ2) is 3.71. The molecule has 1 N–H and O–H groups in total. The van der Waals surface area contributed by atoms with Crippen molar-refractivity contribution >= 4 is 17.3 Å². The number of carbonyl (C=O) groups is 1. The summed E-state index contributed by atoms with van der Waals surface area (Å²) in [5.41, 5.74) is 0. The molecule has 4 heteroatoms. The van der Waals surface area contributed by atoms with Crippen molar-refractivity contribution in [2.75, 3.05) is 13.6 Å². The van der Waals surface area contributed by atoms with Gasteiger partial charge in [0.05, 0.1) is 5.92 Å². The van der Waals surface area contributed by atoms with Crippen LogP contribution in [0.1, 0.15) is 17.3 Å². The third-order valence-corrected chi connectivity index (χ3v) is 3.74. The highest BCUT2D eigenvalue weighted by atomic mass is 32.1. The Kier molecular flexibility index (Phi) is 2.56. The van der Waals surface area contributed by atoms with Crippen LogP contribution in [0.15, 0.2) is 17.5 Å². The second-order valence-electron chi connectivity index (χ2n) is 3.74. The van der Waals surface area contributed by atoms with Crippen LogP contribution < -0.4 is 0 Å². The van der Waals surface area contributed by atoms with Crippen molar-refractivity contribution in [2.45, 2.75) is 12.5 Å². The summed E-state index contributed by atoms with van der Waals surface area (Å²) in [4.78, 5) is 14.2. The molecule has 2 atom stereocenters. The van der Waals surface area contributed by atoms with E-state index >= 15 is 0 Å². The minimum absolute atomic E-state index is 0.202. The van der Waals surface area contributed by atoms with E-state index < -0.39 is 5.97 Å². The quantitative estimate of drug-likeness (QED) is 0.811. The Labute approximate surface area is 87.0 Å². The van der Waals surface area contributed by atoms with Gasteiger partial charge in [-0.25, -0.2) is 0 Å². The molecule has 1 saturated heterocycles. The number of hydrogen-bond acceptors (Lipinski definition) is 3. The fraction of sp³-hybridized carbons (Fsp3) is 0.500. The molecule has 1 aromatic heterocycles. The summed E-state index contributed by atoms with van der Waals surface area (Å²) in [6.07, 6.45) is 0.742. The molecule has 1 aromatic rings. The molecule has 0 bridgehead atoms. The number of likely N-dealkylation sites (tertiary alicyclic amines) is 1. The Morgan fingerprint density at radius 2 is 2.50 bits per heavy atom. The van der Waals surface area contributed by atoms with Gasteiger partial charge in [-0.05, 0) is 24.9 Å². The van der Waals surface area contributed by atoms with Crippen LogP contribution >= 0.6 is 11.3 Å². The van der Waals surface area contributed by atoms with Crippen LogP contribution in [0.3, 0.4) is 0 Å². The molecule has 0 radical (unpaired) electrons. The van der Waals surface area contributed by atoms with Gasteiger partial charge in [0, 0.05) is 17.5 Å². The topological polar surface area (TPSA) is 40.5 Å². The third kappa shape index (κ3) is 1.67. The minimum atomic E-state index is -0.670. The molecule has 1 aliphatic rings. The minimum Gasteiger partial charge on any atom is -0.481 e. The molecule has 3 nitrogen and oxygen atoms in total. The molecule has 0 saturated carbocycles. The summed E-state index contributed by atoms with van der Waals surface area (Å²) in [5, 5.41) is 11.0. The summed E-state index contributed by atoms with van der Waals surface area (Å²) in [7, 11) is 1.99. The standard InChI is InChI=1S/C10H13NO2S/c1-11-6-7(10(12)13)5-8(11)9-3-2-4-14-9/h2-4,7-8H,5-6H2,1H3,(H,12,13)/t7-,8+/m0/s1. The van der Waals surface area contributed by atoms with Crippen molar-refractivity contribution in [3.05, 3.63) is 22.4 Å². The Hall–Kier alpha value is -0.870. The summed E-state index contributed by atoms with van der Waals surface area (Å²) >= 11 is 1.70. The number of thiophene rings is 1. The molecule has 2 heterocycles. The second-order valence-corrected chi connectivity index (χ2v) is 4.72. The highest BCUT2D eigenvalue weighted by molar-refractivity contribution is 7.10. The summed E-state index contributed by atoms with van der Waals surface area (Å²) in [6.45, 7) is 0.665. The summed E-state index contributed by atoms with van der Waals surface area (Å²) in [5.74, 6) is -0.872. The van der Waals surface area contributed by atoms with Gasteiger partial charge in [0.2, 0.25) is 0 Å².